The number of benzene rings is 2. The number of carbonyl (C=O) groups is 2. The van der Waals surface area contributed by atoms with Crippen LogP contribution in [0.15, 0.2) is 60.7 Å². The lowest BCUT2D eigenvalue weighted by Crippen LogP contribution is -2.22. The van der Waals surface area contributed by atoms with Crippen LogP contribution in [0.3, 0.4) is 0 Å². The van der Waals surface area contributed by atoms with Crippen molar-refractivity contribution in [1.29, 1.82) is 0 Å². The van der Waals surface area contributed by atoms with Gasteiger partial charge < -0.3 is 9.64 Å². The molecule has 4 rings (SSSR count). The highest BCUT2D eigenvalue weighted by Gasteiger charge is 2.31. The Morgan fingerprint density at radius 3 is 2.52 bits per heavy atom. The molecule has 1 aliphatic heterocycles. The predicted molar refractivity (Wildman–Crippen MR) is 109 cm³/mol. The molecule has 1 aromatic heterocycles. The van der Waals surface area contributed by atoms with Gasteiger partial charge in [0.25, 0.3) is 0 Å². The Balaban J connectivity index is 1.69. The summed E-state index contributed by atoms with van der Waals surface area (Å²) in [7, 11) is 0. The van der Waals surface area contributed by atoms with Gasteiger partial charge in [0.15, 0.2) is 0 Å². The van der Waals surface area contributed by atoms with E-state index in [1.165, 1.54) is 0 Å². The van der Waals surface area contributed by atoms with Crippen molar-refractivity contribution in [3.63, 3.8) is 0 Å². The van der Waals surface area contributed by atoms with Crippen molar-refractivity contribution in [2.45, 2.75) is 25.8 Å². The van der Waals surface area contributed by atoms with E-state index >= 15 is 0 Å². The summed E-state index contributed by atoms with van der Waals surface area (Å²) in [6.07, 6.45) is 2.05. The number of anilines is 1. The fraction of sp³-hybridized carbons (Fsp3) is 0.227. The van der Waals surface area contributed by atoms with E-state index in [-0.39, 0.29) is 6.04 Å². The molecule has 29 heavy (non-hydrogen) atoms. The number of ether oxygens (including phenoxy) is 1. The summed E-state index contributed by atoms with van der Waals surface area (Å²) in [6.45, 7) is 2.62. The number of amides is 2. The summed E-state index contributed by atoms with van der Waals surface area (Å²) < 4.78 is 7.08. The van der Waals surface area contributed by atoms with E-state index < -0.39 is 6.09 Å². The second-order valence-electron chi connectivity index (χ2n) is 6.94. The average Bonchev–Trinajstić information content (AvgIpc) is 3.34. The number of nitrogens with zero attached hydrogens (tertiary/aromatic N) is 3. The molecule has 2 aromatic carbocycles. The lowest BCUT2D eigenvalue weighted by molar-refractivity contribution is -0.119. The molecule has 2 amide bonds. The Labute approximate surface area is 168 Å². The van der Waals surface area contributed by atoms with E-state index in [1.807, 2.05) is 43.3 Å². The zero-order valence-corrected chi connectivity index (χ0v) is 16.1. The van der Waals surface area contributed by atoms with Crippen LogP contribution in [0.1, 0.15) is 30.1 Å². The van der Waals surface area contributed by atoms with Gasteiger partial charge in [-0.15, -0.1) is 0 Å². The van der Waals surface area contributed by atoms with Gasteiger partial charge in [0.1, 0.15) is 11.6 Å². The van der Waals surface area contributed by atoms with E-state index in [2.05, 4.69) is 5.32 Å². The van der Waals surface area contributed by atoms with Crippen LogP contribution in [0.2, 0.25) is 0 Å². The smallest absolute Gasteiger partial charge is 0.410 e. The zero-order chi connectivity index (χ0) is 20.2. The van der Waals surface area contributed by atoms with E-state index in [1.54, 1.807) is 33.8 Å². The van der Waals surface area contributed by atoms with Crippen molar-refractivity contribution >= 4 is 18.3 Å². The normalized spacial score (nSPS) is 15.9. The number of rotatable bonds is 5. The van der Waals surface area contributed by atoms with E-state index in [0.29, 0.717) is 18.1 Å². The molecule has 148 valence electrons. The molecule has 1 unspecified atom stereocenters. The highest BCUT2D eigenvalue weighted by atomic mass is 16.6. The summed E-state index contributed by atoms with van der Waals surface area (Å²) in [6, 6.07) is 18.4. The van der Waals surface area contributed by atoms with Gasteiger partial charge >= 0.3 is 6.09 Å². The lowest BCUT2D eigenvalue weighted by atomic mass is 10.1. The summed E-state index contributed by atoms with van der Waals surface area (Å²) in [5.41, 5.74) is 2.42. The molecule has 7 heteroatoms. The molecule has 3 aromatic rings. The Bertz CT molecular complexity index is 1000. The van der Waals surface area contributed by atoms with Crippen LogP contribution in [-0.4, -0.2) is 33.7 Å². The Morgan fingerprint density at radius 1 is 1.14 bits per heavy atom. The lowest BCUT2D eigenvalue weighted by Gasteiger charge is -2.18. The molecule has 0 aliphatic carbocycles. The molecule has 0 spiro atoms. The van der Waals surface area contributed by atoms with E-state index in [0.717, 1.165) is 36.2 Å². The van der Waals surface area contributed by atoms with Crippen molar-refractivity contribution in [3.05, 3.63) is 71.9 Å². The predicted octanol–water partition coefficient (Wildman–Crippen LogP) is 4.08. The SMILES string of the molecule is Cc1c(C2CCCN2C=O)nn(-c2ccccc2)c1NC(=O)Oc1ccccc1. The van der Waals surface area contributed by atoms with Gasteiger partial charge in [0, 0.05) is 12.1 Å². The number of aromatic nitrogens is 2. The van der Waals surface area contributed by atoms with Crippen LogP contribution < -0.4 is 10.1 Å². The van der Waals surface area contributed by atoms with Gasteiger partial charge in [-0.1, -0.05) is 36.4 Å². The molecule has 0 radical (unpaired) electrons. The number of likely N-dealkylation sites (tertiary alicyclic amines) is 1. The van der Waals surface area contributed by atoms with Crippen LogP contribution in [0.5, 0.6) is 5.75 Å². The standard InChI is InChI=1S/C22H22N4O3/c1-16-20(19-13-8-14-25(19)15-27)24-26(17-9-4-2-5-10-17)21(16)23-22(28)29-18-11-6-3-7-12-18/h2-7,9-12,15,19H,8,13-14H2,1H3,(H,23,28). The fourth-order valence-electron chi connectivity index (χ4n) is 3.66. The number of hydrogen-bond donors (Lipinski definition) is 1. The molecule has 1 aliphatic rings. The summed E-state index contributed by atoms with van der Waals surface area (Å²) in [5, 5.41) is 7.60. The number of nitrogens with one attached hydrogen (secondary N) is 1. The molecule has 0 bridgehead atoms. The maximum absolute atomic E-state index is 12.5. The second-order valence-corrected chi connectivity index (χ2v) is 6.94. The second kappa shape index (κ2) is 8.18. The summed E-state index contributed by atoms with van der Waals surface area (Å²) in [4.78, 5) is 25.7. The quantitative estimate of drug-likeness (QED) is 0.666. The molecule has 7 nitrogen and oxygen atoms in total. The minimum atomic E-state index is -0.596. The van der Waals surface area contributed by atoms with Crippen molar-refractivity contribution < 1.29 is 14.3 Å². The maximum Gasteiger partial charge on any atom is 0.418 e. The summed E-state index contributed by atoms with van der Waals surface area (Å²) in [5.74, 6) is 0.987. The van der Waals surface area contributed by atoms with Crippen molar-refractivity contribution in [3.8, 4) is 11.4 Å². The van der Waals surface area contributed by atoms with Crippen LogP contribution >= 0.6 is 0 Å². The minimum absolute atomic E-state index is 0.0943. The van der Waals surface area contributed by atoms with Gasteiger partial charge in [-0.05, 0) is 44.0 Å². The van der Waals surface area contributed by atoms with E-state index in [4.69, 9.17) is 9.84 Å². The molecule has 2 heterocycles. The Kier molecular flexibility index (Phi) is 5.29. The molecule has 0 saturated carbocycles. The van der Waals surface area contributed by atoms with Crippen molar-refractivity contribution in [2.24, 2.45) is 0 Å². The first-order valence-corrected chi connectivity index (χ1v) is 9.57. The van der Waals surface area contributed by atoms with Gasteiger partial charge in [0.05, 0.1) is 17.4 Å². The van der Waals surface area contributed by atoms with Gasteiger partial charge in [0.2, 0.25) is 6.41 Å². The third kappa shape index (κ3) is 3.85. The highest BCUT2D eigenvalue weighted by molar-refractivity contribution is 5.86. The molecule has 1 N–H and O–H groups in total. The number of para-hydroxylation sites is 2. The highest BCUT2D eigenvalue weighted by Crippen LogP contribution is 2.35. The average molecular weight is 390 g/mol. The summed E-state index contributed by atoms with van der Waals surface area (Å²) >= 11 is 0. The number of hydrogen-bond acceptors (Lipinski definition) is 4. The Hall–Kier alpha value is -3.61. The van der Waals surface area contributed by atoms with Gasteiger partial charge in [-0.25, -0.2) is 9.48 Å². The fourth-order valence-corrected chi connectivity index (χ4v) is 3.66. The van der Waals surface area contributed by atoms with Crippen LogP contribution in [-0.2, 0) is 4.79 Å². The third-order valence-electron chi connectivity index (χ3n) is 5.08. The third-order valence-corrected chi connectivity index (χ3v) is 5.08. The molecular weight excluding hydrogens is 368 g/mol. The first-order chi connectivity index (χ1) is 14.2. The minimum Gasteiger partial charge on any atom is -0.410 e. The zero-order valence-electron chi connectivity index (χ0n) is 16.1. The van der Waals surface area contributed by atoms with Crippen molar-refractivity contribution in [2.75, 3.05) is 11.9 Å². The molecular formula is C22H22N4O3. The number of carbonyl (C=O) groups excluding carboxylic acids is 2. The largest absolute Gasteiger partial charge is 0.418 e. The van der Waals surface area contributed by atoms with Crippen molar-refractivity contribution in [1.82, 2.24) is 14.7 Å². The maximum atomic E-state index is 12.5. The van der Waals surface area contributed by atoms with Crippen LogP contribution in [0.25, 0.3) is 5.69 Å². The monoisotopic (exact) mass is 390 g/mol. The van der Waals surface area contributed by atoms with Crippen LogP contribution in [0.4, 0.5) is 10.6 Å². The van der Waals surface area contributed by atoms with Crippen LogP contribution in [0, 0.1) is 6.92 Å². The molecule has 1 saturated heterocycles. The van der Waals surface area contributed by atoms with Gasteiger partial charge in [-0.2, -0.15) is 5.10 Å². The molecule has 1 fully saturated rings. The topological polar surface area (TPSA) is 76.5 Å². The first kappa shape index (κ1) is 18.7. The molecule has 1 atom stereocenters. The first-order valence-electron chi connectivity index (χ1n) is 9.57. The Morgan fingerprint density at radius 2 is 1.83 bits per heavy atom. The van der Waals surface area contributed by atoms with E-state index in [9.17, 15) is 9.59 Å². The van der Waals surface area contributed by atoms with Gasteiger partial charge in [-0.3, -0.25) is 10.1 Å².